The molecule has 0 aliphatic carbocycles. The Labute approximate surface area is 81.9 Å². The van der Waals surface area contributed by atoms with Crippen LogP contribution >= 0.6 is 15.9 Å². The second-order valence-electron chi connectivity index (χ2n) is 2.71. The van der Waals surface area contributed by atoms with Crippen molar-refractivity contribution in [3.05, 3.63) is 28.2 Å². The molecule has 0 saturated carbocycles. The summed E-state index contributed by atoms with van der Waals surface area (Å²) in [6.45, 7) is 2.17. The molecule has 1 rings (SSSR count). The van der Waals surface area contributed by atoms with E-state index in [1.54, 1.807) is 7.11 Å². The lowest BCUT2D eigenvalue weighted by atomic mass is 10.1. The molecule has 0 unspecified atom stereocenters. The molecule has 1 aromatic rings. The Kier molecular flexibility index (Phi) is 3.60. The second kappa shape index (κ2) is 4.51. The van der Waals surface area contributed by atoms with E-state index in [1.165, 1.54) is 5.56 Å². The monoisotopic (exact) mass is 228 g/mol. The van der Waals surface area contributed by atoms with Gasteiger partial charge in [-0.05, 0) is 24.1 Å². The lowest BCUT2D eigenvalue weighted by Crippen LogP contribution is -1.91. The van der Waals surface area contributed by atoms with Gasteiger partial charge in [-0.25, -0.2) is 0 Å². The molecule has 0 aliphatic heterocycles. The lowest BCUT2D eigenvalue weighted by molar-refractivity contribution is 0.409. The van der Waals surface area contributed by atoms with Crippen LogP contribution in [0.5, 0.6) is 5.75 Å². The Bertz CT molecular complexity index is 258. The molecule has 2 heteroatoms. The summed E-state index contributed by atoms with van der Waals surface area (Å²) in [7, 11) is 1.71. The first-order valence-electron chi connectivity index (χ1n) is 4.10. The third-order valence-electron chi connectivity index (χ3n) is 1.77. The normalized spacial score (nSPS) is 9.92. The van der Waals surface area contributed by atoms with Gasteiger partial charge in [-0.15, -0.1) is 0 Å². The summed E-state index contributed by atoms with van der Waals surface area (Å²) in [6.07, 6.45) is 2.23. The molecule has 0 spiro atoms. The van der Waals surface area contributed by atoms with Crippen LogP contribution in [-0.4, -0.2) is 7.11 Å². The molecule has 0 heterocycles. The van der Waals surface area contributed by atoms with Crippen molar-refractivity contribution in [1.82, 2.24) is 0 Å². The molecule has 0 N–H and O–H groups in total. The summed E-state index contributed by atoms with van der Waals surface area (Å²) in [5, 5.41) is 0. The van der Waals surface area contributed by atoms with Gasteiger partial charge < -0.3 is 4.74 Å². The third-order valence-corrected chi connectivity index (χ3v) is 2.26. The average Bonchev–Trinajstić information content (AvgIpc) is 2.08. The van der Waals surface area contributed by atoms with Crippen molar-refractivity contribution in [2.24, 2.45) is 0 Å². The van der Waals surface area contributed by atoms with Crippen LogP contribution in [0.2, 0.25) is 0 Å². The third kappa shape index (κ3) is 2.24. The predicted molar refractivity (Wildman–Crippen MR) is 54.7 cm³/mol. The molecule has 66 valence electrons. The standard InChI is InChI=1S/C10H13BrO/c1-3-4-8-5-6-9(11)7-10(8)12-2/h5-7H,3-4H2,1-2H3. The smallest absolute Gasteiger partial charge is 0.123 e. The van der Waals surface area contributed by atoms with Crippen molar-refractivity contribution in [2.45, 2.75) is 19.8 Å². The molecule has 0 aliphatic rings. The molecule has 0 saturated heterocycles. The maximum atomic E-state index is 5.25. The minimum absolute atomic E-state index is 0.978. The number of methoxy groups -OCH3 is 1. The molecule has 12 heavy (non-hydrogen) atoms. The molecular formula is C10H13BrO. The molecule has 1 aromatic carbocycles. The van der Waals surface area contributed by atoms with E-state index in [4.69, 9.17) is 4.74 Å². The summed E-state index contributed by atoms with van der Waals surface area (Å²) in [6, 6.07) is 6.16. The van der Waals surface area contributed by atoms with Crippen molar-refractivity contribution in [3.8, 4) is 5.75 Å². The molecular weight excluding hydrogens is 216 g/mol. The first-order chi connectivity index (χ1) is 5.77. The minimum atomic E-state index is 0.978. The highest BCUT2D eigenvalue weighted by Crippen LogP contribution is 2.24. The lowest BCUT2D eigenvalue weighted by Gasteiger charge is -2.07. The highest BCUT2D eigenvalue weighted by atomic mass is 79.9. The van der Waals surface area contributed by atoms with E-state index in [-0.39, 0.29) is 0 Å². The maximum Gasteiger partial charge on any atom is 0.123 e. The Balaban J connectivity index is 2.94. The van der Waals surface area contributed by atoms with Gasteiger partial charge in [-0.3, -0.25) is 0 Å². The number of hydrogen-bond acceptors (Lipinski definition) is 1. The zero-order valence-electron chi connectivity index (χ0n) is 7.43. The second-order valence-corrected chi connectivity index (χ2v) is 3.62. The van der Waals surface area contributed by atoms with Crippen molar-refractivity contribution in [2.75, 3.05) is 7.11 Å². The summed E-state index contributed by atoms with van der Waals surface area (Å²) in [5.74, 6) is 0.978. The summed E-state index contributed by atoms with van der Waals surface area (Å²) >= 11 is 3.41. The van der Waals surface area contributed by atoms with Crippen molar-refractivity contribution < 1.29 is 4.74 Å². The number of rotatable bonds is 3. The van der Waals surface area contributed by atoms with Crippen LogP contribution in [0.15, 0.2) is 22.7 Å². The van der Waals surface area contributed by atoms with Gasteiger partial charge >= 0.3 is 0 Å². The highest BCUT2D eigenvalue weighted by Gasteiger charge is 2.01. The predicted octanol–water partition coefficient (Wildman–Crippen LogP) is 3.41. The van der Waals surface area contributed by atoms with Crippen LogP contribution in [0.4, 0.5) is 0 Å². The Morgan fingerprint density at radius 2 is 2.17 bits per heavy atom. The molecule has 0 fully saturated rings. The van der Waals surface area contributed by atoms with E-state index in [9.17, 15) is 0 Å². The van der Waals surface area contributed by atoms with Crippen LogP contribution in [0.25, 0.3) is 0 Å². The zero-order valence-corrected chi connectivity index (χ0v) is 9.02. The maximum absolute atomic E-state index is 5.25. The van der Waals surface area contributed by atoms with E-state index in [2.05, 4.69) is 28.9 Å². The Hall–Kier alpha value is -0.500. The van der Waals surface area contributed by atoms with Crippen LogP contribution in [0, 0.1) is 0 Å². The number of halogens is 1. The van der Waals surface area contributed by atoms with Crippen LogP contribution in [0.1, 0.15) is 18.9 Å². The van der Waals surface area contributed by atoms with E-state index in [0.29, 0.717) is 0 Å². The summed E-state index contributed by atoms with van der Waals surface area (Å²) < 4.78 is 6.32. The van der Waals surface area contributed by atoms with Crippen molar-refractivity contribution in [1.29, 1.82) is 0 Å². The summed E-state index contributed by atoms with van der Waals surface area (Å²) in [5.41, 5.74) is 1.28. The van der Waals surface area contributed by atoms with Gasteiger partial charge in [0.25, 0.3) is 0 Å². The van der Waals surface area contributed by atoms with Gasteiger partial charge in [0.15, 0.2) is 0 Å². The number of aryl methyl sites for hydroxylation is 1. The topological polar surface area (TPSA) is 9.23 Å². The highest BCUT2D eigenvalue weighted by molar-refractivity contribution is 9.10. The fourth-order valence-corrected chi connectivity index (χ4v) is 1.53. The van der Waals surface area contributed by atoms with Gasteiger partial charge in [0.1, 0.15) is 5.75 Å². The molecule has 0 bridgehead atoms. The van der Waals surface area contributed by atoms with Crippen LogP contribution < -0.4 is 4.74 Å². The van der Waals surface area contributed by atoms with E-state index in [0.717, 1.165) is 23.1 Å². The summed E-state index contributed by atoms with van der Waals surface area (Å²) in [4.78, 5) is 0. The van der Waals surface area contributed by atoms with E-state index in [1.807, 2.05) is 12.1 Å². The Morgan fingerprint density at radius 1 is 1.42 bits per heavy atom. The fourth-order valence-electron chi connectivity index (χ4n) is 1.19. The first kappa shape index (κ1) is 9.59. The fraction of sp³-hybridized carbons (Fsp3) is 0.400. The molecule has 0 atom stereocenters. The van der Waals surface area contributed by atoms with Crippen molar-refractivity contribution in [3.63, 3.8) is 0 Å². The zero-order chi connectivity index (χ0) is 8.97. The van der Waals surface area contributed by atoms with Crippen LogP contribution in [-0.2, 0) is 6.42 Å². The van der Waals surface area contributed by atoms with Gasteiger partial charge in [0, 0.05) is 4.47 Å². The van der Waals surface area contributed by atoms with Gasteiger partial charge in [0.05, 0.1) is 7.11 Å². The van der Waals surface area contributed by atoms with Crippen molar-refractivity contribution >= 4 is 15.9 Å². The molecule has 0 radical (unpaired) electrons. The SMILES string of the molecule is CCCc1ccc(Br)cc1OC. The van der Waals surface area contributed by atoms with E-state index >= 15 is 0 Å². The molecule has 1 nitrogen and oxygen atoms in total. The number of benzene rings is 1. The van der Waals surface area contributed by atoms with Gasteiger partial charge in [0.2, 0.25) is 0 Å². The quantitative estimate of drug-likeness (QED) is 0.771. The largest absolute Gasteiger partial charge is 0.496 e. The minimum Gasteiger partial charge on any atom is -0.496 e. The van der Waals surface area contributed by atoms with Gasteiger partial charge in [-0.2, -0.15) is 0 Å². The van der Waals surface area contributed by atoms with Crippen LogP contribution in [0.3, 0.4) is 0 Å². The average molecular weight is 229 g/mol. The first-order valence-corrected chi connectivity index (χ1v) is 4.89. The number of hydrogen-bond donors (Lipinski definition) is 0. The van der Waals surface area contributed by atoms with E-state index < -0.39 is 0 Å². The number of ether oxygens (including phenoxy) is 1. The molecule has 0 amide bonds. The Morgan fingerprint density at radius 3 is 2.75 bits per heavy atom. The van der Waals surface area contributed by atoms with Gasteiger partial charge in [-0.1, -0.05) is 35.3 Å². The molecule has 0 aromatic heterocycles.